The minimum Gasteiger partial charge on any atom is -0.370 e. The van der Waals surface area contributed by atoms with Gasteiger partial charge in [-0.3, -0.25) is 5.10 Å². The molecule has 0 amide bonds. The maximum absolute atomic E-state index is 12.1. The molecule has 2 fully saturated rings. The van der Waals surface area contributed by atoms with Crippen molar-refractivity contribution in [3.05, 3.63) is 23.4 Å². The largest absolute Gasteiger partial charge is 0.370 e. The highest BCUT2D eigenvalue weighted by atomic mass is 35.5. The van der Waals surface area contributed by atoms with E-state index in [4.69, 9.17) is 11.6 Å². The van der Waals surface area contributed by atoms with Crippen LogP contribution in [-0.2, 0) is 10.0 Å². The SMILES string of the molecule is CC1(C)[C@@H]2CN(c3cc(Cl)cc4[nH]ncc34)C[C@@H]2CN1S(C)(=O)=O. The Balaban J connectivity index is 1.68. The van der Waals surface area contributed by atoms with E-state index in [1.54, 1.807) is 4.31 Å². The number of H-pyrrole nitrogens is 1. The van der Waals surface area contributed by atoms with Crippen LogP contribution in [0.4, 0.5) is 5.69 Å². The summed E-state index contributed by atoms with van der Waals surface area (Å²) >= 11 is 6.26. The third-order valence-electron chi connectivity index (χ3n) is 5.63. The molecule has 0 spiro atoms. The molecule has 1 aromatic heterocycles. The van der Waals surface area contributed by atoms with Crippen molar-refractivity contribution in [2.75, 3.05) is 30.8 Å². The molecule has 1 N–H and O–H groups in total. The van der Waals surface area contributed by atoms with Gasteiger partial charge in [0.25, 0.3) is 0 Å². The van der Waals surface area contributed by atoms with E-state index < -0.39 is 10.0 Å². The maximum Gasteiger partial charge on any atom is 0.211 e. The molecule has 3 heterocycles. The lowest BCUT2D eigenvalue weighted by Crippen LogP contribution is -2.47. The van der Waals surface area contributed by atoms with Crippen molar-refractivity contribution in [3.63, 3.8) is 0 Å². The van der Waals surface area contributed by atoms with E-state index in [0.717, 1.165) is 29.7 Å². The Morgan fingerprint density at radius 3 is 2.71 bits per heavy atom. The number of halogens is 1. The third-order valence-corrected chi connectivity index (χ3v) is 7.27. The van der Waals surface area contributed by atoms with E-state index in [1.165, 1.54) is 6.26 Å². The fourth-order valence-corrected chi connectivity index (χ4v) is 6.17. The normalized spacial score (nSPS) is 27.1. The summed E-state index contributed by atoms with van der Waals surface area (Å²) in [5.41, 5.74) is 1.62. The highest BCUT2D eigenvalue weighted by molar-refractivity contribution is 7.88. The van der Waals surface area contributed by atoms with Crippen molar-refractivity contribution in [3.8, 4) is 0 Å². The number of aromatic amines is 1. The second-order valence-corrected chi connectivity index (χ2v) is 9.82. The number of sulfonamides is 1. The zero-order chi connectivity index (χ0) is 17.3. The van der Waals surface area contributed by atoms with Crippen LogP contribution < -0.4 is 4.90 Å². The summed E-state index contributed by atoms with van der Waals surface area (Å²) < 4.78 is 25.9. The van der Waals surface area contributed by atoms with E-state index in [1.807, 2.05) is 32.2 Å². The molecule has 4 rings (SSSR count). The van der Waals surface area contributed by atoms with Crippen LogP contribution in [0.15, 0.2) is 18.3 Å². The van der Waals surface area contributed by atoms with Crippen molar-refractivity contribution in [2.45, 2.75) is 19.4 Å². The van der Waals surface area contributed by atoms with E-state index >= 15 is 0 Å². The van der Waals surface area contributed by atoms with Gasteiger partial charge in [0, 0.05) is 47.2 Å². The van der Waals surface area contributed by atoms with E-state index in [0.29, 0.717) is 23.4 Å². The summed E-state index contributed by atoms with van der Waals surface area (Å²) in [4.78, 5) is 2.32. The number of aromatic nitrogens is 2. The molecule has 0 saturated carbocycles. The smallest absolute Gasteiger partial charge is 0.211 e. The first-order valence-electron chi connectivity index (χ1n) is 8.03. The summed E-state index contributed by atoms with van der Waals surface area (Å²) in [6.45, 7) is 6.31. The van der Waals surface area contributed by atoms with Gasteiger partial charge in [-0.15, -0.1) is 0 Å². The van der Waals surface area contributed by atoms with Gasteiger partial charge in [-0.05, 0) is 31.9 Å². The summed E-state index contributed by atoms with van der Waals surface area (Å²) in [5, 5.41) is 8.82. The molecule has 2 aliphatic rings. The number of fused-ring (bicyclic) bond motifs is 2. The average Bonchev–Trinajstić information content (AvgIpc) is 3.12. The van der Waals surface area contributed by atoms with Crippen LogP contribution in [0.25, 0.3) is 10.9 Å². The first-order chi connectivity index (χ1) is 11.2. The van der Waals surface area contributed by atoms with Gasteiger partial charge in [-0.1, -0.05) is 11.6 Å². The number of benzene rings is 1. The summed E-state index contributed by atoms with van der Waals surface area (Å²) in [5.74, 6) is 0.629. The minimum atomic E-state index is -3.19. The van der Waals surface area contributed by atoms with Crippen LogP contribution in [0.1, 0.15) is 13.8 Å². The van der Waals surface area contributed by atoms with Crippen LogP contribution in [0, 0.1) is 11.8 Å². The summed E-state index contributed by atoms with van der Waals surface area (Å²) in [6, 6.07) is 3.85. The highest BCUT2D eigenvalue weighted by Gasteiger charge is 2.54. The van der Waals surface area contributed by atoms with Crippen molar-refractivity contribution >= 4 is 38.2 Å². The van der Waals surface area contributed by atoms with Crippen LogP contribution in [-0.4, -0.2) is 54.3 Å². The van der Waals surface area contributed by atoms with Crippen molar-refractivity contribution in [2.24, 2.45) is 11.8 Å². The molecule has 0 aliphatic carbocycles. The fraction of sp³-hybridized carbons (Fsp3) is 0.562. The van der Waals surface area contributed by atoms with Gasteiger partial charge in [0.15, 0.2) is 0 Å². The molecule has 6 nitrogen and oxygen atoms in total. The fourth-order valence-electron chi connectivity index (χ4n) is 4.51. The number of hydrogen-bond acceptors (Lipinski definition) is 4. The topological polar surface area (TPSA) is 69.3 Å². The van der Waals surface area contributed by atoms with Crippen LogP contribution in [0.5, 0.6) is 0 Å². The Kier molecular flexibility index (Phi) is 3.43. The molecular weight excluding hydrogens is 348 g/mol. The predicted molar refractivity (Wildman–Crippen MR) is 95.9 cm³/mol. The van der Waals surface area contributed by atoms with Gasteiger partial charge >= 0.3 is 0 Å². The van der Waals surface area contributed by atoms with Crippen molar-refractivity contribution in [1.29, 1.82) is 0 Å². The molecule has 0 unspecified atom stereocenters. The van der Waals surface area contributed by atoms with Crippen molar-refractivity contribution < 1.29 is 8.42 Å². The van der Waals surface area contributed by atoms with E-state index in [-0.39, 0.29) is 5.54 Å². The molecule has 0 bridgehead atoms. The summed E-state index contributed by atoms with van der Waals surface area (Å²) in [6.07, 6.45) is 3.13. The quantitative estimate of drug-likeness (QED) is 0.883. The first kappa shape index (κ1) is 16.2. The third kappa shape index (κ3) is 2.33. The molecule has 2 atom stereocenters. The molecular formula is C16H21ClN4O2S. The number of nitrogens with zero attached hydrogens (tertiary/aromatic N) is 3. The van der Waals surface area contributed by atoms with Gasteiger partial charge in [-0.25, -0.2) is 8.42 Å². The minimum absolute atomic E-state index is 0.299. The summed E-state index contributed by atoms with van der Waals surface area (Å²) in [7, 11) is -3.19. The molecule has 2 saturated heterocycles. The lowest BCUT2D eigenvalue weighted by atomic mass is 9.85. The lowest BCUT2D eigenvalue weighted by molar-refractivity contribution is 0.237. The standard InChI is InChI=1S/C16H21ClN4O2S/c1-16(2)13-9-20(7-10(13)8-21(16)24(3,22)23)15-5-11(17)4-14-12(15)6-18-19-14/h4-6,10,13H,7-9H2,1-3H3,(H,18,19)/t10-,13-/m1/s1. The monoisotopic (exact) mass is 368 g/mol. The number of rotatable bonds is 2. The molecule has 2 aliphatic heterocycles. The molecule has 24 heavy (non-hydrogen) atoms. The van der Waals surface area contributed by atoms with Crippen LogP contribution in [0.3, 0.4) is 0 Å². The van der Waals surface area contributed by atoms with Crippen molar-refractivity contribution in [1.82, 2.24) is 14.5 Å². The van der Waals surface area contributed by atoms with E-state index in [9.17, 15) is 8.42 Å². The zero-order valence-electron chi connectivity index (χ0n) is 14.0. The molecule has 0 radical (unpaired) electrons. The molecule has 8 heteroatoms. The Morgan fingerprint density at radius 2 is 2.04 bits per heavy atom. The van der Waals surface area contributed by atoms with Gasteiger partial charge in [-0.2, -0.15) is 9.40 Å². The Hall–Kier alpha value is -1.31. The second-order valence-electron chi connectivity index (χ2n) is 7.48. The molecule has 2 aromatic rings. The average molecular weight is 369 g/mol. The highest BCUT2D eigenvalue weighted by Crippen LogP contribution is 2.46. The first-order valence-corrected chi connectivity index (χ1v) is 10.3. The molecule has 130 valence electrons. The Morgan fingerprint density at radius 1 is 1.29 bits per heavy atom. The second kappa shape index (κ2) is 5.09. The predicted octanol–water partition coefficient (Wildman–Crippen LogP) is 2.32. The Bertz CT molecular complexity index is 908. The van der Waals surface area contributed by atoms with Crippen LogP contribution in [0.2, 0.25) is 5.02 Å². The lowest BCUT2D eigenvalue weighted by Gasteiger charge is -2.35. The number of anilines is 1. The van der Waals surface area contributed by atoms with Gasteiger partial charge in [0.05, 0.1) is 18.0 Å². The number of nitrogens with one attached hydrogen (secondary N) is 1. The molecule has 1 aromatic carbocycles. The Labute approximate surface area is 146 Å². The van der Waals surface area contributed by atoms with Gasteiger partial charge in [0.2, 0.25) is 10.0 Å². The van der Waals surface area contributed by atoms with Crippen LogP contribution >= 0.6 is 11.6 Å². The zero-order valence-corrected chi connectivity index (χ0v) is 15.5. The van der Waals surface area contributed by atoms with E-state index in [2.05, 4.69) is 15.1 Å². The number of hydrogen-bond donors (Lipinski definition) is 1. The maximum atomic E-state index is 12.1. The van der Waals surface area contributed by atoms with Gasteiger partial charge in [0.1, 0.15) is 0 Å². The van der Waals surface area contributed by atoms with Gasteiger partial charge < -0.3 is 4.90 Å².